The van der Waals surface area contributed by atoms with Crippen molar-refractivity contribution in [2.45, 2.75) is 154 Å². The molecule has 40 heavy (non-hydrogen) atoms. The highest BCUT2D eigenvalue weighted by Crippen LogP contribution is 2.38. The molecule has 0 saturated heterocycles. The molecule has 2 atom stereocenters. The molecule has 0 aromatic heterocycles. The first-order valence-electron chi connectivity index (χ1n) is 16.8. The second kappa shape index (κ2) is 27.8. The summed E-state index contributed by atoms with van der Waals surface area (Å²) in [5, 5.41) is 9.94. The predicted molar refractivity (Wildman–Crippen MR) is 166 cm³/mol. The van der Waals surface area contributed by atoms with Crippen LogP contribution in [-0.2, 0) is 18.3 Å². The molecule has 0 rings (SSSR count). The summed E-state index contributed by atoms with van der Waals surface area (Å²) in [7, 11) is 2.23. The molecule has 0 amide bonds. The molecule has 0 fully saturated rings. The molecule has 0 spiro atoms. The van der Waals surface area contributed by atoms with Gasteiger partial charge in [0.1, 0.15) is 6.10 Å². The van der Waals surface area contributed by atoms with Gasteiger partial charge in [-0.2, -0.15) is 0 Å². The van der Waals surface area contributed by atoms with Gasteiger partial charge in [0.25, 0.3) is 7.82 Å². The minimum atomic E-state index is -4.38. The number of unbranched alkanes of at least 4 members (excludes halogenated alkanes) is 20. The molecule has 0 aliphatic rings. The smallest absolute Gasteiger partial charge is 0.267 e. The van der Waals surface area contributed by atoms with Crippen molar-refractivity contribution in [1.29, 1.82) is 0 Å². The molecule has 0 radical (unpaired) electrons. The van der Waals surface area contributed by atoms with Crippen LogP contribution in [0.2, 0.25) is 0 Å². The van der Waals surface area contributed by atoms with E-state index in [0.29, 0.717) is 13.0 Å². The minimum absolute atomic E-state index is 0.0762. The fourth-order valence-electron chi connectivity index (χ4n) is 4.81. The molecule has 0 aliphatic carbocycles. The third-order valence-corrected chi connectivity index (χ3v) is 8.31. The molecule has 7 nitrogen and oxygen atoms in total. The SMILES string of the molecule is CCCCCCCCCCCCCCCCCCOCC(O)COP(=O)([O-])OCCCCCCCC[N+](C)(C)C. The van der Waals surface area contributed by atoms with Crippen LogP contribution in [0.25, 0.3) is 0 Å². The fraction of sp³-hybridized carbons (Fsp3) is 1.00. The molecule has 0 aromatic rings. The Labute approximate surface area is 249 Å². The van der Waals surface area contributed by atoms with Gasteiger partial charge in [0.2, 0.25) is 0 Å². The maximum absolute atomic E-state index is 11.9. The molecule has 1 N–H and O–H groups in total. The van der Waals surface area contributed by atoms with Gasteiger partial charge in [-0.15, -0.1) is 0 Å². The van der Waals surface area contributed by atoms with E-state index in [0.717, 1.165) is 36.6 Å². The standard InChI is InChI=1S/C32H68NO6P/c1-5-6-7-8-9-10-11-12-13-14-15-16-17-19-22-25-28-37-30-32(34)31-39-40(35,36)38-29-26-23-20-18-21-24-27-33(2,3)4/h32,34H,5-31H2,1-4H3. The van der Waals surface area contributed by atoms with Crippen LogP contribution in [0.5, 0.6) is 0 Å². The van der Waals surface area contributed by atoms with Gasteiger partial charge in [-0.1, -0.05) is 122 Å². The number of ether oxygens (including phenoxy) is 1. The Kier molecular flexibility index (Phi) is 27.8. The molecule has 0 bridgehead atoms. The maximum Gasteiger partial charge on any atom is 0.267 e. The van der Waals surface area contributed by atoms with Crippen molar-refractivity contribution >= 4 is 7.82 Å². The number of phosphoric ester groups is 1. The lowest BCUT2D eigenvalue weighted by molar-refractivity contribution is -0.870. The predicted octanol–water partition coefficient (Wildman–Crippen LogP) is 8.17. The normalized spacial score (nSPS) is 14.4. The van der Waals surface area contributed by atoms with Crippen LogP contribution >= 0.6 is 7.82 Å². The lowest BCUT2D eigenvalue weighted by Gasteiger charge is -2.24. The number of aliphatic hydroxyl groups is 1. The topological polar surface area (TPSA) is 88.0 Å². The van der Waals surface area contributed by atoms with Gasteiger partial charge in [-0.3, -0.25) is 4.57 Å². The van der Waals surface area contributed by atoms with Crippen LogP contribution in [0, 0.1) is 0 Å². The summed E-state index contributed by atoms with van der Waals surface area (Å²) < 4.78 is 28.1. The van der Waals surface area contributed by atoms with Crippen LogP contribution < -0.4 is 4.89 Å². The average Bonchev–Trinajstić information content (AvgIpc) is 2.89. The Hall–Kier alpha value is -0.0100. The van der Waals surface area contributed by atoms with E-state index in [1.165, 1.54) is 109 Å². The Morgan fingerprint density at radius 2 is 1.00 bits per heavy atom. The van der Waals surface area contributed by atoms with E-state index in [-0.39, 0.29) is 19.8 Å². The van der Waals surface area contributed by atoms with E-state index in [9.17, 15) is 14.6 Å². The number of rotatable bonds is 32. The number of phosphoric acid groups is 1. The van der Waals surface area contributed by atoms with Crippen molar-refractivity contribution in [3.8, 4) is 0 Å². The summed E-state index contributed by atoms with van der Waals surface area (Å²) in [6.45, 7) is 3.91. The van der Waals surface area contributed by atoms with E-state index < -0.39 is 13.9 Å². The molecule has 0 heterocycles. The van der Waals surface area contributed by atoms with Crippen LogP contribution in [0.1, 0.15) is 148 Å². The van der Waals surface area contributed by atoms with Gasteiger partial charge in [0.15, 0.2) is 0 Å². The zero-order chi connectivity index (χ0) is 29.8. The minimum Gasteiger partial charge on any atom is -0.756 e. The first kappa shape index (κ1) is 40.0. The summed E-state index contributed by atoms with van der Waals surface area (Å²) in [6.07, 6.45) is 26.6. The molecule has 0 aliphatic heterocycles. The molecule has 2 unspecified atom stereocenters. The molecular formula is C32H68NO6P. The lowest BCUT2D eigenvalue weighted by atomic mass is 10.0. The highest BCUT2D eigenvalue weighted by atomic mass is 31.2. The van der Waals surface area contributed by atoms with Crippen molar-refractivity contribution in [2.24, 2.45) is 0 Å². The van der Waals surface area contributed by atoms with Crippen molar-refractivity contribution in [1.82, 2.24) is 0 Å². The lowest BCUT2D eigenvalue weighted by Crippen LogP contribution is -2.35. The molecular weight excluding hydrogens is 525 g/mol. The number of hydrogen-bond acceptors (Lipinski definition) is 6. The largest absolute Gasteiger partial charge is 0.756 e. The quantitative estimate of drug-likeness (QED) is 0.0481. The number of quaternary nitrogens is 1. The fourth-order valence-corrected chi connectivity index (χ4v) is 5.59. The summed E-state index contributed by atoms with van der Waals surface area (Å²) in [5.41, 5.74) is 0. The molecule has 8 heteroatoms. The van der Waals surface area contributed by atoms with E-state index in [4.69, 9.17) is 13.8 Å². The van der Waals surface area contributed by atoms with Gasteiger partial charge in [0, 0.05) is 6.61 Å². The molecule has 0 aromatic carbocycles. The van der Waals surface area contributed by atoms with Gasteiger partial charge in [0.05, 0.1) is 47.5 Å². The van der Waals surface area contributed by atoms with E-state index in [2.05, 4.69) is 28.1 Å². The van der Waals surface area contributed by atoms with E-state index in [1.54, 1.807) is 0 Å². The summed E-state index contributed by atoms with van der Waals surface area (Å²) in [6, 6.07) is 0. The number of nitrogens with zero attached hydrogens (tertiary/aromatic N) is 1. The average molecular weight is 594 g/mol. The van der Waals surface area contributed by atoms with E-state index in [1.807, 2.05) is 0 Å². The van der Waals surface area contributed by atoms with Crippen molar-refractivity contribution in [3.05, 3.63) is 0 Å². The van der Waals surface area contributed by atoms with E-state index >= 15 is 0 Å². The molecule has 242 valence electrons. The molecule has 0 saturated carbocycles. The van der Waals surface area contributed by atoms with Crippen LogP contribution in [-0.4, -0.2) is 69.8 Å². The Morgan fingerprint density at radius 3 is 1.45 bits per heavy atom. The Bertz CT molecular complexity index is 572. The van der Waals surface area contributed by atoms with Gasteiger partial charge < -0.3 is 28.3 Å². The zero-order valence-electron chi connectivity index (χ0n) is 27.1. The second-order valence-electron chi connectivity index (χ2n) is 12.7. The highest BCUT2D eigenvalue weighted by molar-refractivity contribution is 7.45. The third kappa shape index (κ3) is 32.5. The summed E-state index contributed by atoms with van der Waals surface area (Å²) in [5.74, 6) is 0. The van der Waals surface area contributed by atoms with Gasteiger partial charge >= 0.3 is 0 Å². The van der Waals surface area contributed by atoms with Crippen LogP contribution in [0.4, 0.5) is 0 Å². The van der Waals surface area contributed by atoms with Crippen LogP contribution in [0.3, 0.4) is 0 Å². The van der Waals surface area contributed by atoms with Crippen molar-refractivity contribution < 1.29 is 32.8 Å². The second-order valence-corrected chi connectivity index (χ2v) is 14.2. The maximum atomic E-state index is 11.9. The Balaban J connectivity index is 3.40. The van der Waals surface area contributed by atoms with Crippen molar-refractivity contribution in [2.75, 3.05) is 54.1 Å². The summed E-state index contributed by atoms with van der Waals surface area (Å²) in [4.78, 5) is 11.9. The van der Waals surface area contributed by atoms with Crippen molar-refractivity contribution in [3.63, 3.8) is 0 Å². The van der Waals surface area contributed by atoms with Gasteiger partial charge in [-0.05, 0) is 25.7 Å². The zero-order valence-corrected chi connectivity index (χ0v) is 27.9. The first-order chi connectivity index (χ1) is 19.2. The number of hydrogen-bond donors (Lipinski definition) is 1. The Morgan fingerprint density at radius 1 is 0.600 bits per heavy atom. The van der Waals surface area contributed by atoms with Gasteiger partial charge in [-0.25, -0.2) is 0 Å². The number of aliphatic hydroxyl groups excluding tert-OH is 1. The first-order valence-corrected chi connectivity index (χ1v) is 18.3. The highest BCUT2D eigenvalue weighted by Gasteiger charge is 2.13. The summed E-state index contributed by atoms with van der Waals surface area (Å²) >= 11 is 0. The third-order valence-electron chi connectivity index (χ3n) is 7.35. The monoisotopic (exact) mass is 593 g/mol. The van der Waals surface area contributed by atoms with Crippen LogP contribution in [0.15, 0.2) is 0 Å².